The first-order valence-corrected chi connectivity index (χ1v) is 15.6. The lowest BCUT2D eigenvalue weighted by molar-refractivity contribution is -0.120. The Labute approximate surface area is 263 Å². The number of carbonyl (C=O) groups excluding carboxylic acids is 1. The van der Waals surface area contributed by atoms with E-state index in [1.807, 2.05) is 66.0 Å². The molecular weight excluding hydrogens is 537 g/mol. The van der Waals surface area contributed by atoms with Gasteiger partial charge in [0.05, 0.1) is 5.69 Å². The summed E-state index contributed by atoms with van der Waals surface area (Å²) in [6, 6.07) is 5.71. The normalized spacial score (nSPS) is 10.3. The van der Waals surface area contributed by atoms with Crippen LogP contribution in [0.3, 0.4) is 0 Å². The topological polar surface area (TPSA) is 56.2 Å². The molecule has 1 heterocycles. The van der Waals surface area contributed by atoms with Gasteiger partial charge in [-0.05, 0) is 78.3 Å². The Kier molecular flexibility index (Phi) is 35.4. The quantitative estimate of drug-likeness (QED) is 0.102. The molecule has 43 heavy (non-hydrogen) atoms. The molecule has 0 fully saturated rings. The molecule has 0 saturated carbocycles. The van der Waals surface area contributed by atoms with Crippen molar-refractivity contribution in [1.29, 1.82) is 0 Å². The van der Waals surface area contributed by atoms with Crippen LogP contribution in [0.4, 0.5) is 4.39 Å². The SMILES string of the molecule is C/C=C\C=C/C.C=C(/C=C\C/C=C\C)c1cn(CCCCCCNC)c(C)n1.CC.CCC.O=COc1ccccc1F. The number of para-hydroxylation sites is 1. The highest BCUT2D eigenvalue weighted by atomic mass is 19.1. The first-order chi connectivity index (χ1) is 20.9. The predicted octanol–water partition coefficient (Wildman–Crippen LogP) is 10.4. The molecule has 5 nitrogen and oxygen atoms in total. The summed E-state index contributed by atoms with van der Waals surface area (Å²) in [7, 11) is 2.01. The Morgan fingerprint density at radius 2 is 1.60 bits per heavy atom. The number of hydrogen-bond acceptors (Lipinski definition) is 4. The Morgan fingerprint density at radius 3 is 2.14 bits per heavy atom. The maximum atomic E-state index is 12.5. The number of nitrogens with one attached hydrogen (secondary N) is 1. The highest BCUT2D eigenvalue weighted by Crippen LogP contribution is 2.15. The maximum absolute atomic E-state index is 12.5. The number of hydrogen-bond donors (Lipinski definition) is 1. The lowest BCUT2D eigenvalue weighted by atomic mass is 10.2. The van der Waals surface area contributed by atoms with E-state index in [1.165, 1.54) is 50.3 Å². The number of ether oxygens (including phenoxy) is 1. The van der Waals surface area contributed by atoms with Gasteiger partial charge in [-0.15, -0.1) is 0 Å². The summed E-state index contributed by atoms with van der Waals surface area (Å²) < 4.78 is 19.0. The van der Waals surface area contributed by atoms with Crippen LogP contribution in [0, 0.1) is 12.7 Å². The fourth-order valence-electron chi connectivity index (χ4n) is 3.15. The molecule has 0 saturated heterocycles. The number of aryl methyl sites for hydroxylation is 2. The summed E-state index contributed by atoms with van der Waals surface area (Å²) in [5, 5.41) is 3.19. The Morgan fingerprint density at radius 1 is 1.00 bits per heavy atom. The van der Waals surface area contributed by atoms with Crippen LogP contribution in [0.5, 0.6) is 5.75 Å². The molecule has 1 aromatic heterocycles. The first-order valence-electron chi connectivity index (χ1n) is 15.6. The molecule has 1 N–H and O–H groups in total. The van der Waals surface area contributed by atoms with Crippen molar-refractivity contribution in [3.05, 3.63) is 103 Å². The van der Waals surface area contributed by atoms with Crippen molar-refractivity contribution in [3.8, 4) is 5.75 Å². The van der Waals surface area contributed by atoms with Gasteiger partial charge in [-0.3, -0.25) is 4.79 Å². The maximum Gasteiger partial charge on any atom is 0.298 e. The van der Waals surface area contributed by atoms with Gasteiger partial charge in [-0.2, -0.15) is 0 Å². The fraction of sp³-hybridized carbons (Fsp3) is 0.459. The van der Waals surface area contributed by atoms with Gasteiger partial charge in [0.15, 0.2) is 11.6 Å². The van der Waals surface area contributed by atoms with Gasteiger partial charge in [0.25, 0.3) is 6.47 Å². The summed E-state index contributed by atoms with van der Waals surface area (Å²) >= 11 is 0. The van der Waals surface area contributed by atoms with Crippen molar-refractivity contribution in [3.63, 3.8) is 0 Å². The minimum atomic E-state index is -0.533. The number of carbonyl (C=O) groups is 1. The van der Waals surface area contributed by atoms with E-state index >= 15 is 0 Å². The van der Waals surface area contributed by atoms with E-state index in [0.717, 1.165) is 36.6 Å². The van der Waals surface area contributed by atoms with E-state index in [0.29, 0.717) is 0 Å². The smallest absolute Gasteiger partial charge is 0.298 e. The van der Waals surface area contributed by atoms with E-state index in [-0.39, 0.29) is 12.2 Å². The van der Waals surface area contributed by atoms with Crippen molar-refractivity contribution in [2.75, 3.05) is 13.6 Å². The second kappa shape index (κ2) is 34.7. The summed E-state index contributed by atoms with van der Waals surface area (Å²) in [4.78, 5) is 14.4. The zero-order chi connectivity index (χ0) is 33.1. The van der Waals surface area contributed by atoms with Crippen LogP contribution in [0.1, 0.15) is 98.5 Å². The van der Waals surface area contributed by atoms with E-state index in [2.05, 4.69) is 77.5 Å². The third-order valence-corrected chi connectivity index (χ3v) is 5.22. The van der Waals surface area contributed by atoms with Gasteiger partial charge in [0.2, 0.25) is 0 Å². The molecule has 0 amide bonds. The van der Waals surface area contributed by atoms with E-state index in [9.17, 15) is 9.18 Å². The molecule has 6 heteroatoms. The Balaban J connectivity index is -0.000000624. The largest absolute Gasteiger partial charge is 0.426 e. The van der Waals surface area contributed by atoms with Gasteiger partial charge < -0.3 is 14.6 Å². The van der Waals surface area contributed by atoms with Crippen LogP contribution in [0.2, 0.25) is 0 Å². The molecule has 0 aliphatic rings. The minimum absolute atomic E-state index is 0.0440. The average molecular weight is 598 g/mol. The summed E-state index contributed by atoms with van der Waals surface area (Å²) in [6.07, 6.45) is 25.7. The van der Waals surface area contributed by atoms with Crippen LogP contribution in [0.25, 0.3) is 5.57 Å². The van der Waals surface area contributed by atoms with Crippen molar-refractivity contribution in [1.82, 2.24) is 14.9 Å². The molecule has 1 aromatic carbocycles. The van der Waals surface area contributed by atoms with Crippen molar-refractivity contribution < 1.29 is 13.9 Å². The lowest BCUT2D eigenvalue weighted by Crippen LogP contribution is -2.07. The van der Waals surface area contributed by atoms with Crippen LogP contribution in [0.15, 0.2) is 85.6 Å². The number of aromatic nitrogens is 2. The predicted molar refractivity (Wildman–Crippen MR) is 187 cm³/mol. The molecule has 0 spiro atoms. The first kappa shape index (κ1) is 43.9. The Hall–Kier alpha value is -3.51. The number of imidazole rings is 1. The summed E-state index contributed by atoms with van der Waals surface area (Å²) in [5.41, 5.74) is 1.98. The van der Waals surface area contributed by atoms with Gasteiger partial charge in [-0.25, -0.2) is 9.37 Å². The number of unbranched alkanes of at least 4 members (excludes halogenated alkanes) is 3. The van der Waals surface area contributed by atoms with Gasteiger partial charge in [-0.1, -0.05) is 114 Å². The minimum Gasteiger partial charge on any atom is -0.426 e. The molecular formula is C37H60FN3O2. The van der Waals surface area contributed by atoms with Crippen LogP contribution in [-0.4, -0.2) is 29.6 Å². The zero-order valence-electron chi connectivity index (χ0n) is 28.5. The van der Waals surface area contributed by atoms with Crippen molar-refractivity contribution in [2.45, 2.75) is 100 Å². The van der Waals surface area contributed by atoms with Crippen LogP contribution >= 0.6 is 0 Å². The third-order valence-electron chi connectivity index (χ3n) is 5.22. The number of nitrogens with zero attached hydrogens (tertiary/aromatic N) is 2. The highest BCUT2D eigenvalue weighted by molar-refractivity contribution is 5.69. The molecule has 2 aromatic rings. The van der Waals surface area contributed by atoms with E-state index in [1.54, 1.807) is 6.07 Å². The average Bonchev–Trinajstić information content (AvgIpc) is 3.39. The number of halogens is 1. The van der Waals surface area contributed by atoms with Crippen molar-refractivity contribution in [2.24, 2.45) is 0 Å². The number of allylic oxidation sites excluding steroid dienone is 9. The van der Waals surface area contributed by atoms with E-state index in [4.69, 9.17) is 0 Å². The fourth-order valence-corrected chi connectivity index (χ4v) is 3.15. The molecule has 0 atom stereocenters. The number of benzene rings is 1. The molecule has 0 unspecified atom stereocenters. The Bertz CT molecular complexity index is 1030. The third kappa shape index (κ3) is 27.1. The number of rotatable bonds is 14. The van der Waals surface area contributed by atoms with Crippen LogP contribution < -0.4 is 10.1 Å². The van der Waals surface area contributed by atoms with Crippen LogP contribution in [-0.2, 0) is 11.3 Å². The molecule has 0 radical (unpaired) electrons. The lowest BCUT2D eigenvalue weighted by Gasteiger charge is -2.04. The second-order valence-corrected chi connectivity index (χ2v) is 9.02. The molecule has 0 bridgehead atoms. The summed E-state index contributed by atoms with van der Waals surface area (Å²) in [5.74, 6) is 0.500. The van der Waals surface area contributed by atoms with E-state index < -0.39 is 5.82 Å². The monoisotopic (exact) mass is 597 g/mol. The van der Waals surface area contributed by atoms with Gasteiger partial charge >= 0.3 is 0 Å². The molecule has 242 valence electrons. The molecule has 2 rings (SSSR count). The second-order valence-electron chi connectivity index (χ2n) is 9.02. The van der Waals surface area contributed by atoms with Crippen molar-refractivity contribution >= 4 is 12.0 Å². The molecule has 0 aliphatic carbocycles. The highest BCUT2D eigenvalue weighted by Gasteiger charge is 2.05. The molecule has 0 aliphatic heterocycles. The van der Waals surface area contributed by atoms with Gasteiger partial charge in [0.1, 0.15) is 5.82 Å². The van der Waals surface area contributed by atoms with Gasteiger partial charge in [0, 0.05) is 12.7 Å². The summed E-state index contributed by atoms with van der Waals surface area (Å²) in [6.45, 7) is 22.8. The standard InChI is InChI=1S/C19H31N3.C7H5FO2.C6H10.C3H8.C2H6/c1-5-6-7-10-13-17(2)19-16-22(18(3)21-19)15-12-9-8-11-14-20-4;8-6-3-1-2-4-7(6)10-5-9;1-3-5-6-4-2;1-3-2;1-2/h5-6,10,13,16,20H,2,7-9,11-12,14-15H2,1,3-4H3;1-5H;3-6H,1-2H3;3H2,1-2H3;1-2H3/b6-5-,13-10-;;5-3-,6-4-;;. The zero-order valence-corrected chi connectivity index (χ0v) is 28.5.